The number of likely N-dealkylation sites (tertiary alicyclic amines) is 1. The predicted molar refractivity (Wildman–Crippen MR) is 117 cm³/mol. The Kier molecular flexibility index (Phi) is 7.18. The highest BCUT2D eigenvalue weighted by molar-refractivity contribution is 9.10. The summed E-state index contributed by atoms with van der Waals surface area (Å²) in [4.78, 5) is 14.8. The third kappa shape index (κ3) is 5.30. The van der Waals surface area contributed by atoms with Crippen molar-refractivity contribution in [1.29, 1.82) is 0 Å². The molecule has 3 rings (SSSR count). The van der Waals surface area contributed by atoms with Gasteiger partial charge in [0.25, 0.3) is 10.0 Å². The lowest BCUT2D eigenvalue weighted by Gasteiger charge is -2.30. The van der Waals surface area contributed by atoms with Crippen LogP contribution in [0, 0.1) is 0 Å². The van der Waals surface area contributed by atoms with E-state index in [-0.39, 0.29) is 17.3 Å². The van der Waals surface area contributed by atoms with Crippen molar-refractivity contribution in [2.24, 2.45) is 0 Å². The van der Waals surface area contributed by atoms with Crippen LogP contribution in [-0.2, 0) is 14.8 Å². The molecule has 0 saturated carbocycles. The molecule has 0 spiro atoms. The molecule has 0 atom stereocenters. The molecule has 1 heterocycles. The van der Waals surface area contributed by atoms with Gasteiger partial charge in [-0.3, -0.25) is 9.10 Å². The fraction of sp³-hybridized carbons (Fsp3) is 0.381. The Labute approximate surface area is 180 Å². The first-order valence-electron chi connectivity index (χ1n) is 9.71. The number of nitrogens with zero attached hydrogens (tertiary/aromatic N) is 2. The Morgan fingerprint density at radius 3 is 2.24 bits per heavy atom. The molecule has 0 aliphatic carbocycles. The number of amides is 1. The molecule has 0 N–H and O–H groups in total. The minimum Gasteiger partial charge on any atom is -0.494 e. The van der Waals surface area contributed by atoms with Gasteiger partial charge in [-0.15, -0.1) is 0 Å². The third-order valence-corrected chi connectivity index (χ3v) is 7.14. The second kappa shape index (κ2) is 9.63. The second-order valence-corrected chi connectivity index (χ2v) is 9.61. The van der Waals surface area contributed by atoms with Crippen molar-refractivity contribution < 1.29 is 17.9 Å². The summed E-state index contributed by atoms with van der Waals surface area (Å²) in [6, 6.07) is 13.2. The second-order valence-electron chi connectivity index (χ2n) is 6.83. The van der Waals surface area contributed by atoms with E-state index in [1.807, 2.05) is 6.92 Å². The summed E-state index contributed by atoms with van der Waals surface area (Å²) < 4.78 is 34.2. The first-order chi connectivity index (χ1) is 13.9. The lowest BCUT2D eigenvalue weighted by molar-refractivity contribution is -0.130. The van der Waals surface area contributed by atoms with E-state index in [1.165, 1.54) is 16.4 Å². The Bertz CT molecular complexity index is 924. The summed E-state index contributed by atoms with van der Waals surface area (Å²) in [7, 11) is -3.91. The highest BCUT2D eigenvalue weighted by atomic mass is 79.9. The van der Waals surface area contributed by atoms with Crippen molar-refractivity contribution in [3.05, 3.63) is 53.0 Å². The van der Waals surface area contributed by atoms with E-state index in [0.29, 0.717) is 31.1 Å². The monoisotopic (exact) mass is 480 g/mol. The number of halogens is 1. The van der Waals surface area contributed by atoms with Gasteiger partial charge in [-0.25, -0.2) is 8.42 Å². The van der Waals surface area contributed by atoms with Crippen LogP contribution in [0.3, 0.4) is 0 Å². The molecule has 1 aliphatic heterocycles. The molecule has 0 radical (unpaired) electrons. The normalized spacial score (nSPS) is 14.5. The molecule has 2 aromatic rings. The zero-order chi connectivity index (χ0) is 20.9. The summed E-state index contributed by atoms with van der Waals surface area (Å²) >= 11 is 3.33. The summed E-state index contributed by atoms with van der Waals surface area (Å²) in [6.07, 6.45) is 3.01. The van der Waals surface area contributed by atoms with Gasteiger partial charge >= 0.3 is 0 Å². The van der Waals surface area contributed by atoms with Gasteiger partial charge in [0.2, 0.25) is 5.91 Å². The molecule has 0 unspecified atom stereocenters. The summed E-state index contributed by atoms with van der Waals surface area (Å²) in [6.45, 7) is 3.53. The van der Waals surface area contributed by atoms with Gasteiger partial charge in [-0.2, -0.15) is 0 Å². The predicted octanol–water partition coefficient (Wildman–Crippen LogP) is 4.06. The maximum absolute atomic E-state index is 13.4. The van der Waals surface area contributed by atoms with Crippen molar-refractivity contribution >= 4 is 37.5 Å². The molecular formula is C21H25BrN2O4S. The largest absolute Gasteiger partial charge is 0.494 e. The summed E-state index contributed by atoms with van der Waals surface area (Å²) in [5, 5.41) is 0. The maximum atomic E-state index is 13.4. The molecule has 1 saturated heterocycles. The number of sulfonamides is 1. The fourth-order valence-electron chi connectivity index (χ4n) is 3.29. The van der Waals surface area contributed by atoms with Crippen LogP contribution < -0.4 is 9.04 Å². The van der Waals surface area contributed by atoms with Crippen LogP contribution in [0.5, 0.6) is 5.75 Å². The Hall–Kier alpha value is -2.06. The molecular weight excluding hydrogens is 456 g/mol. The lowest BCUT2D eigenvalue weighted by Crippen LogP contribution is -2.44. The van der Waals surface area contributed by atoms with Crippen LogP contribution in [-0.4, -0.2) is 45.5 Å². The fourth-order valence-corrected chi connectivity index (χ4v) is 4.97. The average Bonchev–Trinajstić information content (AvgIpc) is 2.73. The minimum atomic E-state index is -3.91. The molecule has 2 aromatic carbocycles. The van der Waals surface area contributed by atoms with Crippen LogP contribution in [0.1, 0.15) is 26.2 Å². The van der Waals surface area contributed by atoms with E-state index < -0.39 is 10.0 Å². The molecule has 8 heteroatoms. The summed E-state index contributed by atoms with van der Waals surface area (Å²) in [5.41, 5.74) is 0.432. The number of ether oxygens (including phenoxy) is 1. The zero-order valence-electron chi connectivity index (χ0n) is 16.4. The van der Waals surface area contributed by atoms with Gasteiger partial charge in [0.1, 0.15) is 12.3 Å². The highest BCUT2D eigenvalue weighted by Crippen LogP contribution is 2.27. The van der Waals surface area contributed by atoms with E-state index >= 15 is 0 Å². The number of hydrogen-bond donors (Lipinski definition) is 0. The SMILES string of the molecule is CCOc1ccc(N(CC(=O)N2CCCCC2)S(=O)(=O)c2ccc(Br)cc2)cc1. The van der Waals surface area contributed by atoms with Crippen molar-refractivity contribution in [2.45, 2.75) is 31.1 Å². The van der Waals surface area contributed by atoms with E-state index in [0.717, 1.165) is 23.7 Å². The molecule has 1 fully saturated rings. The molecule has 0 aromatic heterocycles. The van der Waals surface area contributed by atoms with Gasteiger partial charge < -0.3 is 9.64 Å². The van der Waals surface area contributed by atoms with Gasteiger partial charge in [-0.1, -0.05) is 15.9 Å². The number of anilines is 1. The summed E-state index contributed by atoms with van der Waals surface area (Å²) in [5.74, 6) is 0.471. The van der Waals surface area contributed by atoms with Crippen molar-refractivity contribution in [3.8, 4) is 5.75 Å². The Morgan fingerprint density at radius 1 is 1.03 bits per heavy atom. The topological polar surface area (TPSA) is 66.9 Å². The smallest absolute Gasteiger partial charge is 0.264 e. The van der Waals surface area contributed by atoms with E-state index in [4.69, 9.17) is 4.74 Å². The number of piperidine rings is 1. The highest BCUT2D eigenvalue weighted by Gasteiger charge is 2.29. The standard InChI is InChI=1S/C21H25BrN2O4S/c1-2-28-19-10-8-18(9-11-19)24(16-21(25)23-14-4-3-5-15-23)29(26,27)20-12-6-17(22)7-13-20/h6-13H,2-5,14-16H2,1H3. The number of hydrogen-bond acceptors (Lipinski definition) is 4. The number of benzene rings is 2. The van der Waals surface area contributed by atoms with Gasteiger partial charge in [-0.05, 0) is 74.7 Å². The average molecular weight is 481 g/mol. The Morgan fingerprint density at radius 2 is 1.66 bits per heavy atom. The maximum Gasteiger partial charge on any atom is 0.264 e. The Balaban J connectivity index is 1.93. The van der Waals surface area contributed by atoms with Crippen LogP contribution in [0.2, 0.25) is 0 Å². The quantitative estimate of drug-likeness (QED) is 0.599. The van der Waals surface area contributed by atoms with Crippen LogP contribution in [0.4, 0.5) is 5.69 Å². The lowest BCUT2D eigenvalue weighted by atomic mass is 10.1. The molecule has 0 bridgehead atoms. The van der Waals surface area contributed by atoms with E-state index in [2.05, 4.69) is 15.9 Å². The van der Waals surface area contributed by atoms with E-state index in [1.54, 1.807) is 41.3 Å². The van der Waals surface area contributed by atoms with Gasteiger partial charge in [0, 0.05) is 17.6 Å². The van der Waals surface area contributed by atoms with Crippen LogP contribution in [0.15, 0.2) is 57.9 Å². The molecule has 1 aliphatic rings. The number of carbonyl (C=O) groups is 1. The van der Waals surface area contributed by atoms with Crippen LogP contribution in [0.25, 0.3) is 0 Å². The van der Waals surface area contributed by atoms with E-state index in [9.17, 15) is 13.2 Å². The first-order valence-corrected chi connectivity index (χ1v) is 11.9. The zero-order valence-corrected chi connectivity index (χ0v) is 18.8. The minimum absolute atomic E-state index is 0.140. The van der Waals surface area contributed by atoms with Crippen LogP contribution >= 0.6 is 15.9 Å². The van der Waals surface area contributed by atoms with Gasteiger partial charge in [0.15, 0.2) is 0 Å². The molecule has 29 heavy (non-hydrogen) atoms. The van der Waals surface area contributed by atoms with Crippen molar-refractivity contribution in [3.63, 3.8) is 0 Å². The van der Waals surface area contributed by atoms with Crippen molar-refractivity contribution in [1.82, 2.24) is 4.90 Å². The number of carbonyl (C=O) groups excluding carboxylic acids is 1. The molecule has 6 nitrogen and oxygen atoms in total. The van der Waals surface area contributed by atoms with Gasteiger partial charge in [0.05, 0.1) is 17.2 Å². The molecule has 1 amide bonds. The van der Waals surface area contributed by atoms with Crippen molar-refractivity contribution in [2.75, 3.05) is 30.5 Å². The number of rotatable bonds is 7. The molecule has 156 valence electrons. The third-order valence-electron chi connectivity index (χ3n) is 4.82. The first kappa shape index (κ1) is 21.6.